The van der Waals surface area contributed by atoms with Gasteiger partial charge in [-0.15, -0.1) is 0 Å². The third-order valence-corrected chi connectivity index (χ3v) is 3.93. The summed E-state index contributed by atoms with van der Waals surface area (Å²) < 4.78 is 50.8. The van der Waals surface area contributed by atoms with Crippen LogP contribution in [0, 0.1) is 0 Å². The maximum Gasteiger partial charge on any atom is 0.415 e. The van der Waals surface area contributed by atoms with Crippen molar-refractivity contribution < 1.29 is 27.4 Å². The largest absolute Gasteiger partial charge is 0.415 e. The second-order valence-electron chi connectivity index (χ2n) is 5.51. The fraction of sp³-hybridized carbons (Fsp3) is 0.533. The molecular formula is C15H19F3N2O3. The predicted molar refractivity (Wildman–Crippen MR) is 76.9 cm³/mol. The van der Waals surface area contributed by atoms with Gasteiger partial charge in [0.2, 0.25) is 0 Å². The maximum atomic E-state index is 13.5. The number of methoxy groups -OCH3 is 1. The molecule has 1 heterocycles. The van der Waals surface area contributed by atoms with Gasteiger partial charge in [-0.1, -0.05) is 30.3 Å². The Labute approximate surface area is 132 Å². The van der Waals surface area contributed by atoms with Crippen LogP contribution in [0.2, 0.25) is 0 Å². The number of carbonyl (C=O) groups excluding carboxylic acids is 1. The van der Waals surface area contributed by atoms with E-state index in [4.69, 9.17) is 9.47 Å². The first kappa shape index (κ1) is 17.6. The van der Waals surface area contributed by atoms with E-state index in [0.717, 1.165) is 6.92 Å². The number of amides is 2. The van der Waals surface area contributed by atoms with E-state index in [0.29, 0.717) is 0 Å². The van der Waals surface area contributed by atoms with E-state index in [1.165, 1.54) is 31.4 Å². The predicted octanol–water partition coefficient (Wildman–Crippen LogP) is 2.18. The fourth-order valence-corrected chi connectivity index (χ4v) is 2.41. The Morgan fingerprint density at radius 2 is 1.91 bits per heavy atom. The van der Waals surface area contributed by atoms with Crippen molar-refractivity contribution in [1.82, 2.24) is 10.6 Å². The molecule has 0 bridgehead atoms. The molecule has 1 aliphatic rings. The van der Waals surface area contributed by atoms with Gasteiger partial charge >= 0.3 is 12.2 Å². The van der Waals surface area contributed by atoms with E-state index in [-0.39, 0.29) is 24.9 Å². The molecule has 128 valence electrons. The zero-order valence-corrected chi connectivity index (χ0v) is 12.8. The number of carbonyl (C=O) groups is 1. The summed E-state index contributed by atoms with van der Waals surface area (Å²) in [4.78, 5) is 12.1. The van der Waals surface area contributed by atoms with Crippen molar-refractivity contribution in [3.8, 4) is 0 Å². The number of nitrogens with one attached hydrogen (secondary N) is 2. The highest BCUT2D eigenvalue weighted by atomic mass is 19.4. The van der Waals surface area contributed by atoms with Crippen LogP contribution in [0.3, 0.4) is 0 Å². The van der Waals surface area contributed by atoms with Gasteiger partial charge in [0.15, 0.2) is 5.54 Å². The molecule has 0 saturated carbocycles. The van der Waals surface area contributed by atoms with E-state index in [9.17, 15) is 18.0 Å². The lowest BCUT2D eigenvalue weighted by atomic mass is 9.91. The first-order valence-electron chi connectivity index (χ1n) is 7.09. The van der Waals surface area contributed by atoms with Crippen molar-refractivity contribution in [2.24, 2.45) is 0 Å². The van der Waals surface area contributed by atoms with Gasteiger partial charge in [-0.05, 0) is 12.5 Å². The standard InChI is InChI=1S/C15H19F3N2O3/c1-14(15(16,17)18,10-6-4-3-5-7-10)20-13(21)19-11-8-23-9-12(11)22-2/h3-7,11-12H,8-9H2,1-2H3,(H2,19,20,21)/t11-,12-,14?/m1/s1. The van der Waals surface area contributed by atoms with Gasteiger partial charge < -0.3 is 20.1 Å². The molecule has 1 aromatic carbocycles. The number of urea groups is 1. The van der Waals surface area contributed by atoms with Gasteiger partial charge in [0.25, 0.3) is 0 Å². The highest BCUT2D eigenvalue weighted by Crippen LogP contribution is 2.38. The van der Waals surface area contributed by atoms with E-state index >= 15 is 0 Å². The number of ether oxygens (including phenoxy) is 2. The third kappa shape index (κ3) is 3.76. The number of hydrogen-bond acceptors (Lipinski definition) is 3. The average molecular weight is 332 g/mol. The van der Waals surface area contributed by atoms with Crippen molar-refractivity contribution in [3.63, 3.8) is 0 Å². The van der Waals surface area contributed by atoms with Crippen LogP contribution in [0.5, 0.6) is 0 Å². The summed E-state index contributed by atoms with van der Waals surface area (Å²) >= 11 is 0. The second kappa shape index (κ2) is 6.76. The molecule has 0 spiro atoms. The van der Waals surface area contributed by atoms with Crippen LogP contribution in [0.1, 0.15) is 12.5 Å². The summed E-state index contributed by atoms with van der Waals surface area (Å²) in [5.41, 5.74) is -2.55. The first-order valence-corrected chi connectivity index (χ1v) is 7.09. The van der Waals surface area contributed by atoms with Gasteiger partial charge in [0.1, 0.15) is 6.10 Å². The molecule has 3 atom stereocenters. The van der Waals surface area contributed by atoms with Gasteiger partial charge in [-0.2, -0.15) is 13.2 Å². The minimum absolute atomic E-state index is 0.0476. The van der Waals surface area contributed by atoms with Crippen LogP contribution >= 0.6 is 0 Å². The summed E-state index contributed by atoms with van der Waals surface area (Å²) in [7, 11) is 1.45. The Morgan fingerprint density at radius 1 is 1.26 bits per heavy atom. The molecule has 0 radical (unpaired) electrons. The summed E-state index contributed by atoms with van der Waals surface area (Å²) in [5.74, 6) is 0. The molecule has 2 rings (SSSR count). The average Bonchev–Trinajstić information content (AvgIpc) is 2.93. The normalized spacial score (nSPS) is 24.0. The molecule has 1 saturated heterocycles. The summed E-state index contributed by atoms with van der Waals surface area (Å²) in [6, 6.07) is 5.82. The lowest BCUT2D eigenvalue weighted by molar-refractivity contribution is -0.191. The minimum atomic E-state index is -4.65. The van der Waals surface area contributed by atoms with E-state index < -0.39 is 23.8 Å². The van der Waals surface area contributed by atoms with Crippen LogP contribution in [0.15, 0.2) is 30.3 Å². The lowest BCUT2D eigenvalue weighted by Crippen LogP contribution is -2.58. The quantitative estimate of drug-likeness (QED) is 0.888. The molecule has 1 aromatic rings. The lowest BCUT2D eigenvalue weighted by Gasteiger charge is -2.34. The Bertz CT molecular complexity index is 539. The summed E-state index contributed by atoms with van der Waals surface area (Å²) in [6.45, 7) is 1.41. The van der Waals surface area contributed by atoms with Crippen LogP contribution in [-0.2, 0) is 15.0 Å². The zero-order valence-electron chi connectivity index (χ0n) is 12.8. The summed E-state index contributed by atoms with van der Waals surface area (Å²) in [6.07, 6.45) is -5.03. The van der Waals surface area contributed by atoms with Crippen molar-refractivity contribution in [3.05, 3.63) is 35.9 Å². The van der Waals surface area contributed by atoms with Crippen LogP contribution in [0.25, 0.3) is 0 Å². The van der Waals surface area contributed by atoms with E-state index in [1.54, 1.807) is 6.07 Å². The Morgan fingerprint density at radius 3 is 2.48 bits per heavy atom. The molecule has 2 N–H and O–H groups in total. The van der Waals surface area contributed by atoms with Gasteiger partial charge in [-0.25, -0.2) is 4.79 Å². The Hall–Kier alpha value is -1.80. The smallest absolute Gasteiger partial charge is 0.377 e. The first-order chi connectivity index (χ1) is 10.8. The molecular weight excluding hydrogens is 313 g/mol. The minimum Gasteiger partial charge on any atom is -0.377 e. The molecule has 2 amide bonds. The Balaban J connectivity index is 2.14. The molecule has 1 unspecified atom stereocenters. The van der Waals surface area contributed by atoms with Crippen LogP contribution < -0.4 is 10.6 Å². The van der Waals surface area contributed by atoms with Crippen molar-refractivity contribution >= 4 is 6.03 Å². The van der Waals surface area contributed by atoms with Gasteiger partial charge in [0.05, 0.1) is 19.3 Å². The molecule has 8 heteroatoms. The number of rotatable bonds is 4. The molecule has 0 aliphatic carbocycles. The Kier molecular flexibility index (Phi) is 5.16. The van der Waals surface area contributed by atoms with Crippen molar-refractivity contribution in [1.29, 1.82) is 0 Å². The maximum absolute atomic E-state index is 13.5. The molecule has 0 aromatic heterocycles. The number of alkyl halides is 3. The molecule has 5 nitrogen and oxygen atoms in total. The number of benzene rings is 1. The van der Waals surface area contributed by atoms with Crippen LogP contribution in [0.4, 0.5) is 18.0 Å². The fourth-order valence-electron chi connectivity index (χ4n) is 2.41. The SMILES string of the molecule is CO[C@@H]1COC[C@H]1NC(=O)NC(C)(c1ccccc1)C(F)(F)F. The number of halogens is 3. The zero-order chi connectivity index (χ0) is 17.1. The van der Waals surface area contributed by atoms with Crippen molar-refractivity contribution in [2.75, 3.05) is 20.3 Å². The third-order valence-electron chi connectivity index (χ3n) is 3.93. The van der Waals surface area contributed by atoms with Gasteiger partial charge in [0, 0.05) is 7.11 Å². The van der Waals surface area contributed by atoms with Crippen molar-refractivity contribution in [2.45, 2.75) is 30.8 Å². The number of hydrogen-bond donors (Lipinski definition) is 2. The van der Waals surface area contributed by atoms with E-state index in [2.05, 4.69) is 5.32 Å². The monoisotopic (exact) mass is 332 g/mol. The summed E-state index contributed by atoms with van der Waals surface area (Å²) in [5, 5.41) is 4.51. The van der Waals surface area contributed by atoms with Crippen LogP contribution in [-0.4, -0.2) is 44.7 Å². The molecule has 1 fully saturated rings. The second-order valence-corrected chi connectivity index (χ2v) is 5.51. The molecule has 23 heavy (non-hydrogen) atoms. The highest BCUT2D eigenvalue weighted by Gasteiger charge is 2.53. The topological polar surface area (TPSA) is 59.6 Å². The van der Waals surface area contributed by atoms with E-state index in [1.807, 2.05) is 5.32 Å². The molecule has 1 aliphatic heterocycles. The van der Waals surface area contributed by atoms with Gasteiger partial charge in [-0.3, -0.25) is 0 Å². The highest BCUT2D eigenvalue weighted by molar-refractivity contribution is 5.75.